The molecule has 0 aliphatic rings. The number of halogens is 1. The minimum absolute atomic E-state index is 0.672. The highest BCUT2D eigenvalue weighted by Crippen LogP contribution is 2.28. The van der Waals surface area contributed by atoms with Gasteiger partial charge in [0, 0.05) is 17.8 Å². The van der Waals surface area contributed by atoms with Crippen molar-refractivity contribution in [2.45, 2.75) is 13.5 Å². The van der Waals surface area contributed by atoms with Crippen LogP contribution in [0.25, 0.3) is 0 Å². The summed E-state index contributed by atoms with van der Waals surface area (Å²) in [6.07, 6.45) is 0. The summed E-state index contributed by atoms with van der Waals surface area (Å²) in [6.45, 7) is 3.38. The Morgan fingerprint density at radius 1 is 1.10 bits per heavy atom. The molecule has 1 N–H and O–H groups in total. The van der Waals surface area contributed by atoms with Crippen LogP contribution in [-0.2, 0) is 6.54 Å². The Hall–Kier alpha value is -1.68. The maximum Gasteiger partial charge on any atom is 0.133 e. The lowest BCUT2D eigenvalue weighted by atomic mass is 10.2. The van der Waals surface area contributed by atoms with Crippen molar-refractivity contribution in [3.63, 3.8) is 0 Å². The van der Waals surface area contributed by atoms with Gasteiger partial charge < -0.3 is 14.8 Å². The van der Waals surface area contributed by atoms with Gasteiger partial charge in [0.15, 0.2) is 0 Å². The van der Waals surface area contributed by atoms with E-state index in [1.54, 1.807) is 7.11 Å². The van der Waals surface area contributed by atoms with E-state index in [9.17, 15) is 0 Å². The van der Waals surface area contributed by atoms with Crippen molar-refractivity contribution in [3.8, 4) is 11.5 Å². The summed E-state index contributed by atoms with van der Waals surface area (Å²) in [6, 6.07) is 14.0. The van der Waals surface area contributed by atoms with Crippen LogP contribution in [0.5, 0.6) is 11.5 Å². The number of nitrogens with one attached hydrogen (secondary N) is 1. The standard InChI is InChI=1S/C16H18BrNO2/c1-3-20-15-7-5-4-6-12(15)11-18-13-8-9-16(19-2)14(17)10-13/h4-10,18H,3,11H2,1-2H3. The zero-order chi connectivity index (χ0) is 14.4. The van der Waals surface area contributed by atoms with Crippen LogP contribution in [0.3, 0.4) is 0 Å². The van der Waals surface area contributed by atoms with Crippen LogP contribution in [-0.4, -0.2) is 13.7 Å². The van der Waals surface area contributed by atoms with E-state index in [0.29, 0.717) is 6.61 Å². The van der Waals surface area contributed by atoms with E-state index in [1.807, 2.05) is 43.3 Å². The number of rotatable bonds is 6. The fourth-order valence-electron chi connectivity index (χ4n) is 1.92. The number of ether oxygens (including phenoxy) is 2. The minimum atomic E-state index is 0.672. The van der Waals surface area contributed by atoms with Crippen molar-refractivity contribution in [2.75, 3.05) is 19.0 Å². The molecular formula is C16H18BrNO2. The molecule has 0 atom stereocenters. The van der Waals surface area contributed by atoms with Crippen LogP contribution < -0.4 is 14.8 Å². The van der Waals surface area contributed by atoms with Gasteiger partial charge in [-0.2, -0.15) is 0 Å². The smallest absolute Gasteiger partial charge is 0.133 e. The van der Waals surface area contributed by atoms with E-state index in [1.165, 1.54) is 0 Å². The Morgan fingerprint density at radius 2 is 1.90 bits per heavy atom. The van der Waals surface area contributed by atoms with Gasteiger partial charge in [-0.3, -0.25) is 0 Å². The largest absolute Gasteiger partial charge is 0.496 e. The molecule has 0 bridgehead atoms. The highest BCUT2D eigenvalue weighted by molar-refractivity contribution is 9.10. The van der Waals surface area contributed by atoms with Crippen molar-refractivity contribution >= 4 is 21.6 Å². The third kappa shape index (κ3) is 3.67. The van der Waals surface area contributed by atoms with Crippen molar-refractivity contribution in [1.29, 1.82) is 0 Å². The van der Waals surface area contributed by atoms with E-state index in [-0.39, 0.29) is 0 Å². The molecule has 106 valence electrons. The van der Waals surface area contributed by atoms with Crippen LogP contribution in [0.4, 0.5) is 5.69 Å². The molecule has 0 unspecified atom stereocenters. The molecular weight excluding hydrogens is 318 g/mol. The molecule has 0 saturated carbocycles. The van der Waals surface area contributed by atoms with E-state index in [0.717, 1.165) is 33.8 Å². The molecule has 20 heavy (non-hydrogen) atoms. The summed E-state index contributed by atoms with van der Waals surface area (Å²) in [4.78, 5) is 0. The topological polar surface area (TPSA) is 30.5 Å². The molecule has 2 aromatic carbocycles. The SMILES string of the molecule is CCOc1ccccc1CNc1ccc(OC)c(Br)c1. The highest BCUT2D eigenvalue weighted by Gasteiger charge is 2.04. The van der Waals surface area contributed by atoms with Gasteiger partial charge >= 0.3 is 0 Å². The first-order valence-electron chi connectivity index (χ1n) is 6.52. The summed E-state index contributed by atoms with van der Waals surface area (Å²) >= 11 is 3.48. The quantitative estimate of drug-likeness (QED) is 0.844. The Morgan fingerprint density at radius 3 is 2.60 bits per heavy atom. The summed E-state index contributed by atoms with van der Waals surface area (Å²) in [5, 5.41) is 3.39. The Bertz CT molecular complexity index is 572. The van der Waals surface area contributed by atoms with E-state index < -0.39 is 0 Å². The fourth-order valence-corrected chi connectivity index (χ4v) is 2.46. The summed E-state index contributed by atoms with van der Waals surface area (Å²) in [5.41, 5.74) is 2.17. The van der Waals surface area contributed by atoms with Crippen LogP contribution in [0.1, 0.15) is 12.5 Å². The van der Waals surface area contributed by atoms with Crippen LogP contribution >= 0.6 is 15.9 Å². The molecule has 0 aliphatic heterocycles. The minimum Gasteiger partial charge on any atom is -0.496 e. The van der Waals surface area contributed by atoms with Crippen molar-refractivity contribution in [3.05, 3.63) is 52.5 Å². The maximum atomic E-state index is 5.62. The Kier molecular flexibility index (Phi) is 5.30. The lowest BCUT2D eigenvalue weighted by Gasteiger charge is -2.12. The van der Waals surface area contributed by atoms with Gasteiger partial charge in [-0.1, -0.05) is 18.2 Å². The van der Waals surface area contributed by atoms with Crippen LogP contribution in [0.15, 0.2) is 46.9 Å². The zero-order valence-electron chi connectivity index (χ0n) is 11.7. The van der Waals surface area contributed by atoms with Crippen molar-refractivity contribution in [1.82, 2.24) is 0 Å². The first-order chi connectivity index (χ1) is 9.74. The number of para-hydroxylation sites is 1. The molecule has 3 nitrogen and oxygen atoms in total. The van der Waals surface area contributed by atoms with Crippen LogP contribution in [0, 0.1) is 0 Å². The maximum absolute atomic E-state index is 5.62. The second-order valence-corrected chi connectivity index (χ2v) is 5.10. The second-order valence-electron chi connectivity index (χ2n) is 4.24. The lowest BCUT2D eigenvalue weighted by molar-refractivity contribution is 0.337. The predicted octanol–water partition coefficient (Wildman–Crippen LogP) is 4.47. The van der Waals surface area contributed by atoms with Gasteiger partial charge in [0.05, 0.1) is 18.2 Å². The molecule has 0 saturated heterocycles. The van der Waals surface area contributed by atoms with Gasteiger partial charge in [-0.05, 0) is 47.1 Å². The van der Waals surface area contributed by atoms with Crippen LogP contribution in [0.2, 0.25) is 0 Å². The molecule has 0 heterocycles. The number of anilines is 1. The molecule has 0 aromatic heterocycles. The molecule has 2 aromatic rings. The number of hydrogen-bond acceptors (Lipinski definition) is 3. The van der Waals surface area contributed by atoms with Crippen molar-refractivity contribution < 1.29 is 9.47 Å². The predicted molar refractivity (Wildman–Crippen MR) is 85.6 cm³/mol. The lowest BCUT2D eigenvalue weighted by Crippen LogP contribution is -2.03. The van der Waals surface area contributed by atoms with Gasteiger partial charge in [-0.25, -0.2) is 0 Å². The first-order valence-corrected chi connectivity index (χ1v) is 7.32. The van der Waals surface area contributed by atoms with E-state index in [4.69, 9.17) is 9.47 Å². The molecule has 0 fully saturated rings. The number of hydrogen-bond donors (Lipinski definition) is 1. The molecule has 0 aliphatic carbocycles. The summed E-state index contributed by atoms with van der Waals surface area (Å²) < 4.78 is 11.8. The third-order valence-electron chi connectivity index (χ3n) is 2.91. The van der Waals surface area contributed by atoms with E-state index >= 15 is 0 Å². The van der Waals surface area contributed by atoms with E-state index in [2.05, 4.69) is 27.3 Å². The first kappa shape index (κ1) is 14.7. The van der Waals surface area contributed by atoms with Crippen molar-refractivity contribution in [2.24, 2.45) is 0 Å². The normalized spacial score (nSPS) is 10.2. The average Bonchev–Trinajstić information content (AvgIpc) is 2.47. The summed E-state index contributed by atoms with van der Waals surface area (Å²) in [5.74, 6) is 1.75. The Labute approximate surface area is 128 Å². The molecule has 2 rings (SSSR count). The number of benzene rings is 2. The average molecular weight is 336 g/mol. The second kappa shape index (κ2) is 7.20. The third-order valence-corrected chi connectivity index (χ3v) is 3.53. The molecule has 4 heteroatoms. The molecule has 0 spiro atoms. The zero-order valence-corrected chi connectivity index (χ0v) is 13.2. The molecule has 0 radical (unpaired) electrons. The monoisotopic (exact) mass is 335 g/mol. The Balaban J connectivity index is 2.07. The highest BCUT2D eigenvalue weighted by atomic mass is 79.9. The van der Waals surface area contributed by atoms with Gasteiger partial charge in [0.1, 0.15) is 11.5 Å². The van der Waals surface area contributed by atoms with Gasteiger partial charge in [0.2, 0.25) is 0 Å². The summed E-state index contributed by atoms with van der Waals surface area (Å²) in [7, 11) is 1.66. The number of methoxy groups -OCH3 is 1. The molecule has 0 amide bonds. The van der Waals surface area contributed by atoms with Gasteiger partial charge in [0.25, 0.3) is 0 Å². The van der Waals surface area contributed by atoms with Gasteiger partial charge in [-0.15, -0.1) is 0 Å². The fraction of sp³-hybridized carbons (Fsp3) is 0.250.